The Labute approximate surface area is 95.8 Å². The van der Waals surface area contributed by atoms with E-state index in [1.54, 1.807) is 18.2 Å². The summed E-state index contributed by atoms with van der Waals surface area (Å²) in [5.41, 5.74) is 5.06. The van der Waals surface area contributed by atoms with Gasteiger partial charge in [-0.05, 0) is 24.3 Å². The average Bonchev–Trinajstić information content (AvgIpc) is 2.76. The molecule has 1 aromatic heterocycles. The van der Waals surface area contributed by atoms with Crippen molar-refractivity contribution in [2.24, 2.45) is 5.73 Å². The lowest BCUT2D eigenvalue weighted by Gasteiger charge is -2.07. The Morgan fingerprint density at radius 2 is 1.88 bits per heavy atom. The number of nitrogens with two attached hydrogens (primary N) is 1. The number of benzene rings is 1. The Bertz CT molecular complexity index is 516. The molecule has 17 heavy (non-hydrogen) atoms. The zero-order chi connectivity index (χ0) is 12.5. The first-order chi connectivity index (χ1) is 8.00. The molecule has 2 aromatic rings. The molecule has 2 rings (SSSR count). The van der Waals surface area contributed by atoms with Crippen LogP contribution in [-0.4, -0.2) is 0 Å². The van der Waals surface area contributed by atoms with Gasteiger partial charge in [0, 0.05) is 5.56 Å². The summed E-state index contributed by atoms with van der Waals surface area (Å²) >= 11 is 0. The predicted octanol–water partition coefficient (Wildman–Crippen LogP) is 3.42. The van der Waals surface area contributed by atoms with Gasteiger partial charge in [-0.15, -0.1) is 0 Å². The maximum absolute atomic E-state index is 12.5. The van der Waals surface area contributed by atoms with Gasteiger partial charge < -0.3 is 10.2 Å². The Kier molecular flexibility index (Phi) is 2.93. The number of alkyl halides is 3. The molecule has 2 N–H and O–H groups in total. The van der Waals surface area contributed by atoms with Gasteiger partial charge in [0.15, 0.2) is 0 Å². The van der Waals surface area contributed by atoms with E-state index in [4.69, 9.17) is 10.2 Å². The summed E-state index contributed by atoms with van der Waals surface area (Å²) in [5.74, 6) is 0.925. The summed E-state index contributed by atoms with van der Waals surface area (Å²) in [6.45, 7) is 0.221. The van der Waals surface area contributed by atoms with Gasteiger partial charge in [0.05, 0.1) is 12.1 Å². The Morgan fingerprint density at radius 3 is 2.47 bits per heavy atom. The Balaban J connectivity index is 2.39. The minimum atomic E-state index is -4.35. The molecule has 0 atom stereocenters. The lowest BCUT2D eigenvalue weighted by molar-refractivity contribution is -0.137. The molecular formula is C12H10F3NO. The smallest absolute Gasteiger partial charge is 0.416 e. The van der Waals surface area contributed by atoms with Crippen LogP contribution in [0.2, 0.25) is 0 Å². The molecule has 0 amide bonds. The molecule has 0 unspecified atom stereocenters. The second-order valence-corrected chi connectivity index (χ2v) is 3.55. The van der Waals surface area contributed by atoms with Gasteiger partial charge in [0.1, 0.15) is 11.5 Å². The van der Waals surface area contributed by atoms with Crippen molar-refractivity contribution in [3.05, 3.63) is 47.7 Å². The highest BCUT2D eigenvalue weighted by molar-refractivity contribution is 5.58. The van der Waals surface area contributed by atoms with Crippen LogP contribution in [0, 0.1) is 0 Å². The van der Waals surface area contributed by atoms with Crippen molar-refractivity contribution in [1.82, 2.24) is 0 Å². The molecule has 0 aliphatic carbocycles. The summed E-state index contributed by atoms with van der Waals surface area (Å²) < 4.78 is 42.8. The van der Waals surface area contributed by atoms with Crippen molar-refractivity contribution in [3.8, 4) is 11.3 Å². The molecule has 0 aliphatic heterocycles. The molecule has 90 valence electrons. The second kappa shape index (κ2) is 4.25. The third-order valence-electron chi connectivity index (χ3n) is 2.34. The number of rotatable bonds is 2. The summed E-state index contributed by atoms with van der Waals surface area (Å²) in [5, 5.41) is 0. The largest absolute Gasteiger partial charge is 0.460 e. The van der Waals surface area contributed by atoms with Crippen molar-refractivity contribution >= 4 is 0 Å². The van der Waals surface area contributed by atoms with Crippen LogP contribution in [0.5, 0.6) is 0 Å². The third kappa shape index (κ3) is 2.50. The van der Waals surface area contributed by atoms with Crippen LogP contribution in [0.3, 0.4) is 0 Å². The zero-order valence-electron chi connectivity index (χ0n) is 8.79. The molecule has 0 radical (unpaired) electrons. The predicted molar refractivity (Wildman–Crippen MR) is 57.0 cm³/mol. The molecule has 2 nitrogen and oxygen atoms in total. The fourth-order valence-corrected chi connectivity index (χ4v) is 1.49. The van der Waals surface area contributed by atoms with E-state index in [2.05, 4.69) is 0 Å². The van der Waals surface area contributed by atoms with Crippen LogP contribution >= 0.6 is 0 Å². The van der Waals surface area contributed by atoms with Crippen LogP contribution in [0.1, 0.15) is 11.3 Å². The zero-order valence-corrected chi connectivity index (χ0v) is 8.79. The molecule has 0 bridgehead atoms. The van der Waals surface area contributed by atoms with Gasteiger partial charge in [-0.25, -0.2) is 0 Å². The van der Waals surface area contributed by atoms with Crippen molar-refractivity contribution in [2.45, 2.75) is 12.7 Å². The molecule has 0 fully saturated rings. The quantitative estimate of drug-likeness (QED) is 0.874. The maximum Gasteiger partial charge on any atom is 0.416 e. The van der Waals surface area contributed by atoms with Crippen molar-refractivity contribution < 1.29 is 17.6 Å². The van der Waals surface area contributed by atoms with E-state index in [0.717, 1.165) is 12.1 Å². The molecule has 5 heteroatoms. The van der Waals surface area contributed by atoms with Gasteiger partial charge in [-0.2, -0.15) is 13.2 Å². The highest BCUT2D eigenvalue weighted by Gasteiger charge is 2.30. The molecule has 1 heterocycles. The molecule has 1 aromatic carbocycles. The molecular weight excluding hydrogens is 231 g/mol. The lowest BCUT2D eigenvalue weighted by atomic mass is 10.1. The van der Waals surface area contributed by atoms with E-state index in [1.807, 2.05) is 0 Å². The monoisotopic (exact) mass is 241 g/mol. The summed E-state index contributed by atoms with van der Waals surface area (Å²) in [6.07, 6.45) is -4.35. The number of halogens is 3. The van der Waals surface area contributed by atoms with Crippen LogP contribution in [0.25, 0.3) is 11.3 Å². The molecule has 0 saturated heterocycles. The van der Waals surface area contributed by atoms with Crippen molar-refractivity contribution in [1.29, 1.82) is 0 Å². The number of hydrogen-bond donors (Lipinski definition) is 1. The topological polar surface area (TPSA) is 39.2 Å². The van der Waals surface area contributed by atoms with Crippen LogP contribution in [-0.2, 0) is 12.7 Å². The fraction of sp³-hybridized carbons (Fsp3) is 0.167. The van der Waals surface area contributed by atoms with Crippen LogP contribution in [0.4, 0.5) is 13.2 Å². The molecule has 0 aliphatic rings. The standard InChI is InChI=1S/C12H10F3NO/c13-12(14,15)9-3-1-2-8(6-9)11-5-4-10(7-16)17-11/h1-6H,7,16H2. The fourth-order valence-electron chi connectivity index (χ4n) is 1.49. The first kappa shape index (κ1) is 11.7. The SMILES string of the molecule is NCc1ccc(-c2cccc(C(F)(F)F)c2)o1. The summed E-state index contributed by atoms with van der Waals surface area (Å²) in [6, 6.07) is 8.25. The highest BCUT2D eigenvalue weighted by Crippen LogP contribution is 2.32. The van der Waals surface area contributed by atoms with Crippen LogP contribution in [0.15, 0.2) is 40.8 Å². The second-order valence-electron chi connectivity index (χ2n) is 3.55. The van der Waals surface area contributed by atoms with Gasteiger partial charge in [-0.3, -0.25) is 0 Å². The van der Waals surface area contributed by atoms with Crippen molar-refractivity contribution in [3.63, 3.8) is 0 Å². The number of hydrogen-bond acceptors (Lipinski definition) is 2. The van der Waals surface area contributed by atoms with E-state index in [9.17, 15) is 13.2 Å². The minimum Gasteiger partial charge on any atom is -0.460 e. The minimum absolute atomic E-state index is 0.221. The van der Waals surface area contributed by atoms with E-state index >= 15 is 0 Å². The average molecular weight is 241 g/mol. The van der Waals surface area contributed by atoms with Gasteiger partial charge in [-0.1, -0.05) is 12.1 Å². The molecule has 0 saturated carbocycles. The summed E-state index contributed by atoms with van der Waals surface area (Å²) in [7, 11) is 0. The van der Waals surface area contributed by atoms with E-state index in [1.165, 1.54) is 6.07 Å². The maximum atomic E-state index is 12.5. The highest BCUT2D eigenvalue weighted by atomic mass is 19.4. The van der Waals surface area contributed by atoms with E-state index in [-0.39, 0.29) is 6.54 Å². The number of furan rings is 1. The van der Waals surface area contributed by atoms with Gasteiger partial charge in [0.25, 0.3) is 0 Å². The Morgan fingerprint density at radius 1 is 1.12 bits per heavy atom. The first-order valence-electron chi connectivity index (χ1n) is 4.97. The van der Waals surface area contributed by atoms with Gasteiger partial charge >= 0.3 is 6.18 Å². The van der Waals surface area contributed by atoms with Gasteiger partial charge in [0.2, 0.25) is 0 Å². The third-order valence-corrected chi connectivity index (χ3v) is 2.34. The lowest BCUT2D eigenvalue weighted by Crippen LogP contribution is -2.04. The van der Waals surface area contributed by atoms with Crippen LogP contribution < -0.4 is 5.73 Å². The van der Waals surface area contributed by atoms with E-state index in [0.29, 0.717) is 17.1 Å². The first-order valence-corrected chi connectivity index (χ1v) is 4.97. The summed E-state index contributed by atoms with van der Waals surface area (Å²) in [4.78, 5) is 0. The van der Waals surface area contributed by atoms with E-state index < -0.39 is 11.7 Å². The molecule has 0 spiro atoms. The van der Waals surface area contributed by atoms with Crippen molar-refractivity contribution in [2.75, 3.05) is 0 Å². The normalized spacial score (nSPS) is 11.8. The Hall–Kier alpha value is -1.75.